The summed E-state index contributed by atoms with van der Waals surface area (Å²) in [5.74, 6) is 0.0506. The van der Waals surface area contributed by atoms with E-state index in [0.29, 0.717) is 35.2 Å². The lowest BCUT2D eigenvalue weighted by molar-refractivity contribution is -0.991. The van der Waals surface area contributed by atoms with E-state index in [1.807, 2.05) is 0 Å². The number of ether oxygens (including phenoxy) is 2. The van der Waals surface area contributed by atoms with Crippen LogP contribution in [0.15, 0.2) is 18.2 Å². The number of pyridine rings is 1. The summed E-state index contributed by atoms with van der Waals surface area (Å²) in [6.07, 6.45) is 0.559. The molecule has 0 radical (unpaired) electrons. The first kappa shape index (κ1) is 13.7. The number of carbonyl (C=O) groups is 1. The van der Waals surface area contributed by atoms with Gasteiger partial charge in [0.1, 0.15) is 5.75 Å². The number of fused-ring (bicyclic) bond motifs is 3. The van der Waals surface area contributed by atoms with E-state index in [2.05, 4.69) is 4.98 Å². The van der Waals surface area contributed by atoms with Crippen LogP contribution in [0.25, 0.3) is 10.9 Å². The molecule has 0 spiro atoms. The summed E-state index contributed by atoms with van der Waals surface area (Å²) >= 11 is 0. The Balaban J connectivity index is 2.21. The second-order valence-electron chi connectivity index (χ2n) is 4.62. The lowest BCUT2D eigenvalue weighted by atomic mass is 10.1. The van der Waals surface area contributed by atoms with Gasteiger partial charge in [0.05, 0.1) is 18.7 Å². The average Bonchev–Trinajstić information content (AvgIpc) is 2.95. The zero-order chi connectivity index (χ0) is 15.0. The molecule has 21 heavy (non-hydrogen) atoms. The maximum Gasteiger partial charge on any atom is 0.357 e. The molecule has 0 bridgehead atoms. The zero-order valence-electron chi connectivity index (χ0n) is 11.4. The van der Waals surface area contributed by atoms with E-state index in [-0.39, 0.29) is 18.0 Å². The number of nitrogens with one attached hydrogen (secondary N) is 1. The van der Waals surface area contributed by atoms with Crippen molar-refractivity contribution in [3.63, 3.8) is 0 Å². The fourth-order valence-corrected chi connectivity index (χ4v) is 2.43. The molecule has 0 saturated carbocycles. The van der Waals surface area contributed by atoms with Crippen LogP contribution in [0.3, 0.4) is 0 Å². The molecular formula is C14H14N2O5. The molecule has 1 unspecified atom stereocenters. The molecule has 7 nitrogen and oxygen atoms in total. The molecule has 1 aromatic heterocycles. The minimum atomic E-state index is -1.02. The van der Waals surface area contributed by atoms with Gasteiger partial charge in [-0.1, -0.05) is 0 Å². The minimum absolute atomic E-state index is 0.158. The number of benzene rings is 1. The van der Waals surface area contributed by atoms with E-state index < -0.39 is 11.2 Å². The molecule has 2 N–H and O–H groups in total. The monoisotopic (exact) mass is 290 g/mol. The van der Waals surface area contributed by atoms with Gasteiger partial charge in [-0.05, 0) is 13.0 Å². The number of rotatable bonds is 3. The fourth-order valence-electron chi connectivity index (χ4n) is 2.43. The van der Waals surface area contributed by atoms with Crippen LogP contribution >= 0.6 is 0 Å². The molecule has 0 aliphatic carbocycles. The summed E-state index contributed by atoms with van der Waals surface area (Å²) in [5.41, 5.74) is 1.61. The molecule has 0 fully saturated rings. The van der Waals surface area contributed by atoms with Gasteiger partial charge in [-0.2, -0.15) is 5.23 Å². The Labute approximate surface area is 120 Å². The van der Waals surface area contributed by atoms with Crippen LogP contribution in [-0.4, -0.2) is 29.4 Å². The Morgan fingerprint density at radius 3 is 3.10 bits per heavy atom. The molecule has 1 aromatic carbocycles. The largest absolute Gasteiger partial charge is 0.595 e. The third-order valence-electron chi connectivity index (χ3n) is 3.35. The van der Waals surface area contributed by atoms with Crippen molar-refractivity contribution >= 4 is 22.6 Å². The van der Waals surface area contributed by atoms with Crippen molar-refractivity contribution in [2.45, 2.75) is 13.3 Å². The van der Waals surface area contributed by atoms with Crippen molar-refractivity contribution in [3.8, 4) is 5.75 Å². The third kappa shape index (κ3) is 2.31. The second-order valence-corrected chi connectivity index (χ2v) is 4.62. The number of quaternary nitrogens is 1. The lowest BCUT2D eigenvalue weighted by Crippen LogP contribution is -2.99. The predicted molar refractivity (Wildman–Crippen MR) is 72.7 cm³/mol. The van der Waals surface area contributed by atoms with Crippen LogP contribution in [0.4, 0.5) is 5.69 Å². The van der Waals surface area contributed by atoms with Crippen LogP contribution in [-0.2, 0) is 11.2 Å². The van der Waals surface area contributed by atoms with Crippen molar-refractivity contribution in [1.82, 2.24) is 4.98 Å². The van der Waals surface area contributed by atoms with E-state index in [0.717, 1.165) is 0 Å². The van der Waals surface area contributed by atoms with Crippen molar-refractivity contribution in [2.24, 2.45) is 0 Å². The standard InChI is InChI=1S/C14H14N2O5/c1-2-20-14(17)12-9-5-6-21-13(9)10-7-8(16(18)19)3-4-11(10)15-12/h3-4,7,16,18H,2,5-6H2,1H3. The number of hydrogen-bond donors (Lipinski definition) is 2. The molecule has 3 rings (SSSR count). The highest BCUT2D eigenvalue weighted by Crippen LogP contribution is 2.36. The number of aromatic nitrogens is 1. The van der Waals surface area contributed by atoms with E-state index >= 15 is 0 Å². The van der Waals surface area contributed by atoms with E-state index in [1.165, 1.54) is 12.1 Å². The number of esters is 1. The van der Waals surface area contributed by atoms with E-state index in [1.54, 1.807) is 13.0 Å². The lowest BCUT2D eigenvalue weighted by Gasteiger charge is -2.13. The number of hydrogen-bond acceptors (Lipinski definition) is 6. The Bertz CT molecular complexity index is 714. The molecule has 0 saturated heterocycles. The molecule has 110 valence electrons. The van der Waals surface area contributed by atoms with Crippen LogP contribution in [0.5, 0.6) is 5.75 Å². The van der Waals surface area contributed by atoms with Gasteiger partial charge < -0.3 is 14.7 Å². The predicted octanol–water partition coefficient (Wildman–Crippen LogP) is 0.750. The second kappa shape index (κ2) is 5.28. The molecule has 2 aromatic rings. The van der Waals surface area contributed by atoms with Gasteiger partial charge in [-0.3, -0.25) is 0 Å². The topological polar surface area (TPSA) is 96.2 Å². The summed E-state index contributed by atoms with van der Waals surface area (Å²) in [6, 6.07) is 4.54. The molecule has 1 atom stereocenters. The van der Waals surface area contributed by atoms with E-state index in [4.69, 9.17) is 14.7 Å². The van der Waals surface area contributed by atoms with Crippen molar-refractivity contribution in [2.75, 3.05) is 13.2 Å². The minimum Gasteiger partial charge on any atom is -0.595 e. The molecular weight excluding hydrogens is 276 g/mol. The Hall–Kier alpha value is -2.22. The van der Waals surface area contributed by atoms with Crippen molar-refractivity contribution < 1.29 is 24.7 Å². The van der Waals surface area contributed by atoms with Gasteiger partial charge in [-0.25, -0.2) is 15.0 Å². The highest BCUT2D eigenvalue weighted by Gasteiger charge is 2.26. The SMILES string of the molecule is CCOC(=O)c1nc2ccc([NH+]([O-])O)cc2c2c1CCO2. The number of nitrogens with zero attached hydrogens (tertiary/aromatic N) is 1. The van der Waals surface area contributed by atoms with Crippen molar-refractivity contribution in [1.29, 1.82) is 0 Å². The highest BCUT2D eigenvalue weighted by atomic mass is 16.8. The quantitative estimate of drug-likeness (QED) is 0.639. The maximum atomic E-state index is 12.0. The van der Waals surface area contributed by atoms with Gasteiger partial charge in [0.2, 0.25) is 0 Å². The first-order valence-electron chi connectivity index (χ1n) is 6.61. The van der Waals surface area contributed by atoms with E-state index in [9.17, 15) is 10.0 Å². The third-order valence-corrected chi connectivity index (χ3v) is 3.35. The van der Waals surface area contributed by atoms with Crippen LogP contribution in [0, 0.1) is 5.21 Å². The van der Waals surface area contributed by atoms with Crippen LogP contribution < -0.4 is 9.96 Å². The summed E-state index contributed by atoms with van der Waals surface area (Å²) in [6.45, 7) is 2.45. The summed E-state index contributed by atoms with van der Waals surface area (Å²) in [5, 5.41) is 19.7. The van der Waals surface area contributed by atoms with Crippen LogP contribution in [0.1, 0.15) is 23.0 Å². The zero-order valence-corrected chi connectivity index (χ0v) is 11.4. The fraction of sp³-hybridized carbons (Fsp3) is 0.286. The van der Waals surface area contributed by atoms with Crippen molar-refractivity contribution in [3.05, 3.63) is 34.7 Å². The first-order chi connectivity index (χ1) is 10.1. The normalized spacial score (nSPS) is 14.6. The van der Waals surface area contributed by atoms with Gasteiger partial charge in [0.15, 0.2) is 11.4 Å². The Morgan fingerprint density at radius 2 is 2.38 bits per heavy atom. The highest BCUT2D eigenvalue weighted by molar-refractivity contribution is 5.97. The first-order valence-corrected chi connectivity index (χ1v) is 6.61. The summed E-state index contributed by atoms with van der Waals surface area (Å²) in [4.78, 5) is 16.3. The van der Waals surface area contributed by atoms with Gasteiger partial charge in [-0.15, -0.1) is 0 Å². The van der Waals surface area contributed by atoms with Crippen LogP contribution in [0.2, 0.25) is 0 Å². The van der Waals surface area contributed by atoms with Gasteiger partial charge in [0, 0.05) is 29.5 Å². The summed E-state index contributed by atoms with van der Waals surface area (Å²) < 4.78 is 10.6. The molecule has 1 aliphatic rings. The average molecular weight is 290 g/mol. The number of carbonyl (C=O) groups excluding carboxylic acids is 1. The molecule has 7 heteroatoms. The summed E-state index contributed by atoms with van der Waals surface area (Å²) in [7, 11) is 0. The molecule has 2 heterocycles. The Morgan fingerprint density at radius 1 is 1.57 bits per heavy atom. The molecule has 0 amide bonds. The van der Waals surface area contributed by atoms with Gasteiger partial charge >= 0.3 is 5.97 Å². The molecule has 1 aliphatic heterocycles. The smallest absolute Gasteiger partial charge is 0.357 e. The maximum absolute atomic E-state index is 12.0. The van der Waals surface area contributed by atoms with Gasteiger partial charge in [0.25, 0.3) is 0 Å². The Kier molecular flexibility index (Phi) is 3.46.